The monoisotopic (exact) mass is 238 g/mol. The predicted molar refractivity (Wildman–Crippen MR) is 54.4 cm³/mol. The first-order valence-corrected chi connectivity index (χ1v) is 6.08. The number of hydrogen-bond donors (Lipinski definition) is 1. The maximum Gasteiger partial charge on any atom is 0.266 e. The van der Waals surface area contributed by atoms with Crippen molar-refractivity contribution in [1.82, 2.24) is 0 Å². The Balaban J connectivity index is 2.71. The summed E-state index contributed by atoms with van der Waals surface area (Å²) in [6.07, 6.45) is 0. The average molecular weight is 239 g/mol. The second-order valence-electron chi connectivity index (χ2n) is 2.28. The molecule has 1 rings (SSSR count). The van der Waals surface area contributed by atoms with Crippen LogP contribution in [0.4, 0.5) is 0 Å². The van der Waals surface area contributed by atoms with Crippen molar-refractivity contribution in [2.45, 2.75) is 6.61 Å². The van der Waals surface area contributed by atoms with E-state index in [1.54, 1.807) is 24.3 Å². The van der Waals surface area contributed by atoms with Gasteiger partial charge in [-0.25, -0.2) is 0 Å². The molecule has 72 valence electrons. The molecule has 0 amide bonds. The van der Waals surface area contributed by atoms with Crippen LogP contribution in [0.1, 0.15) is 5.56 Å². The summed E-state index contributed by atoms with van der Waals surface area (Å²) < 4.78 is 23.7. The van der Waals surface area contributed by atoms with Crippen LogP contribution in [0.5, 0.6) is 0 Å². The molecule has 1 aromatic carbocycles. The summed E-state index contributed by atoms with van der Waals surface area (Å²) in [4.78, 5) is 0. The molecule has 0 spiro atoms. The number of rotatable bonds is 3. The van der Waals surface area contributed by atoms with Crippen molar-refractivity contribution < 1.29 is 12.9 Å². The van der Waals surface area contributed by atoms with Crippen molar-refractivity contribution in [1.29, 1.82) is 0 Å². The molecular weight excluding hydrogens is 232 g/mol. The molecule has 0 aliphatic carbocycles. The fraction of sp³-hybridized carbons (Fsp3) is 0.143. The minimum atomic E-state index is -3.56. The molecule has 1 aromatic rings. The van der Waals surface area contributed by atoms with Crippen molar-refractivity contribution in [3.63, 3.8) is 0 Å². The average Bonchev–Trinajstić information content (AvgIpc) is 2.01. The van der Waals surface area contributed by atoms with E-state index in [2.05, 4.69) is 15.4 Å². The van der Waals surface area contributed by atoms with Gasteiger partial charge in [-0.2, -0.15) is 4.21 Å². The standard InChI is InChI=1S/C7H7ClO3S2/c8-7-4-2-1-3-6(7)5-11-13(9,10)12/h1-4H,5H2,(H,9,10,12). The molecule has 6 heteroatoms. The van der Waals surface area contributed by atoms with Crippen LogP contribution in [0.15, 0.2) is 24.3 Å². The molecular formula is C7H7ClO3S2. The van der Waals surface area contributed by atoms with Gasteiger partial charge in [0.25, 0.3) is 9.05 Å². The van der Waals surface area contributed by atoms with Crippen LogP contribution < -0.4 is 0 Å². The lowest BCUT2D eigenvalue weighted by Crippen LogP contribution is -2.02. The summed E-state index contributed by atoms with van der Waals surface area (Å²) in [6, 6.07) is 6.88. The molecule has 0 heterocycles. The van der Waals surface area contributed by atoms with Crippen molar-refractivity contribution in [3.05, 3.63) is 34.9 Å². The van der Waals surface area contributed by atoms with E-state index >= 15 is 0 Å². The number of hydrogen-bond acceptors (Lipinski definition) is 3. The fourth-order valence-electron chi connectivity index (χ4n) is 0.753. The maximum atomic E-state index is 10.6. The van der Waals surface area contributed by atoms with Gasteiger partial charge >= 0.3 is 0 Å². The second-order valence-corrected chi connectivity index (χ2v) is 5.04. The molecule has 0 radical (unpaired) electrons. The Hall–Kier alpha value is -0.200. The lowest BCUT2D eigenvalue weighted by molar-refractivity contribution is 0.295. The first kappa shape index (κ1) is 10.9. The highest BCUT2D eigenvalue weighted by molar-refractivity contribution is 8.27. The predicted octanol–water partition coefficient (Wildman–Crippen LogP) is 1.99. The van der Waals surface area contributed by atoms with E-state index in [1.807, 2.05) is 0 Å². The third-order valence-corrected chi connectivity index (χ3v) is 2.39. The van der Waals surface area contributed by atoms with Crippen LogP contribution in [0, 0.1) is 0 Å². The molecule has 1 N–H and O–H groups in total. The molecule has 0 bridgehead atoms. The quantitative estimate of drug-likeness (QED) is 0.875. The zero-order valence-corrected chi connectivity index (χ0v) is 8.86. The number of benzene rings is 1. The van der Waals surface area contributed by atoms with E-state index in [0.717, 1.165) is 0 Å². The van der Waals surface area contributed by atoms with Crippen molar-refractivity contribution in [2.75, 3.05) is 0 Å². The Labute approximate surface area is 86.4 Å². The molecule has 1 atom stereocenters. The van der Waals surface area contributed by atoms with E-state index in [4.69, 9.17) is 16.2 Å². The summed E-state index contributed by atoms with van der Waals surface area (Å²) in [5.41, 5.74) is 0.635. The summed E-state index contributed by atoms with van der Waals surface area (Å²) in [5.74, 6) is 0. The summed E-state index contributed by atoms with van der Waals surface area (Å²) in [6.45, 7) is -0.0570. The van der Waals surface area contributed by atoms with Crippen LogP contribution in [0.25, 0.3) is 0 Å². The van der Waals surface area contributed by atoms with Gasteiger partial charge in [0.1, 0.15) is 0 Å². The van der Waals surface area contributed by atoms with Gasteiger partial charge in [-0.1, -0.05) is 29.8 Å². The van der Waals surface area contributed by atoms with E-state index in [0.29, 0.717) is 10.6 Å². The molecule has 0 saturated carbocycles. The highest BCUT2D eigenvalue weighted by atomic mass is 35.5. The van der Waals surface area contributed by atoms with Crippen LogP contribution in [0.3, 0.4) is 0 Å². The molecule has 3 nitrogen and oxygen atoms in total. The normalized spacial score (nSPS) is 15.2. The maximum absolute atomic E-state index is 10.6. The van der Waals surface area contributed by atoms with Gasteiger partial charge in [-0.15, -0.1) is 0 Å². The third-order valence-electron chi connectivity index (χ3n) is 1.32. The van der Waals surface area contributed by atoms with Crippen LogP contribution in [-0.4, -0.2) is 8.76 Å². The zero-order chi connectivity index (χ0) is 9.90. The first-order chi connectivity index (χ1) is 5.99. The van der Waals surface area contributed by atoms with Crippen molar-refractivity contribution in [3.8, 4) is 0 Å². The lowest BCUT2D eigenvalue weighted by atomic mass is 10.2. The van der Waals surface area contributed by atoms with Crippen molar-refractivity contribution in [2.24, 2.45) is 0 Å². The molecule has 1 unspecified atom stereocenters. The second kappa shape index (κ2) is 4.34. The van der Waals surface area contributed by atoms with Gasteiger partial charge in [0.2, 0.25) is 0 Å². The molecule has 0 aromatic heterocycles. The van der Waals surface area contributed by atoms with Gasteiger partial charge in [0.05, 0.1) is 6.61 Å². The smallest absolute Gasteiger partial charge is 0.266 e. The molecule has 0 saturated heterocycles. The third kappa shape index (κ3) is 4.02. The van der Waals surface area contributed by atoms with E-state index in [1.165, 1.54) is 0 Å². The highest BCUT2D eigenvalue weighted by Crippen LogP contribution is 2.16. The SMILES string of the molecule is O=S(O)(=S)OCc1ccccc1Cl. The Kier molecular flexibility index (Phi) is 3.63. The van der Waals surface area contributed by atoms with E-state index < -0.39 is 9.05 Å². The fourth-order valence-corrected chi connectivity index (χ4v) is 1.36. The molecule has 0 aliphatic heterocycles. The Morgan fingerprint density at radius 3 is 2.69 bits per heavy atom. The van der Waals surface area contributed by atoms with Crippen molar-refractivity contribution >= 4 is 31.8 Å². The summed E-state index contributed by atoms with van der Waals surface area (Å²) in [5, 5.41) is 0.487. The van der Waals surface area contributed by atoms with Gasteiger partial charge in [-0.3, -0.25) is 8.74 Å². The molecule has 13 heavy (non-hydrogen) atoms. The van der Waals surface area contributed by atoms with Crippen LogP contribution >= 0.6 is 11.6 Å². The Morgan fingerprint density at radius 2 is 2.15 bits per heavy atom. The van der Waals surface area contributed by atoms with E-state index in [9.17, 15) is 4.21 Å². The minimum Gasteiger partial charge on any atom is -0.285 e. The Morgan fingerprint density at radius 1 is 1.54 bits per heavy atom. The largest absolute Gasteiger partial charge is 0.285 e. The van der Waals surface area contributed by atoms with Gasteiger partial charge in [-0.05, 0) is 11.6 Å². The summed E-state index contributed by atoms with van der Waals surface area (Å²) in [7, 11) is -3.56. The zero-order valence-electron chi connectivity index (χ0n) is 6.47. The first-order valence-electron chi connectivity index (χ1n) is 3.34. The van der Waals surface area contributed by atoms with E-state index in [-0.39, 0.29) is 6.61 Å². The van der Waals surface area contributed by atoms with Gasteiger partial charge < -0.3 is 0 Å². The minimum absolute atomic E-state index is 0.0570. The molecule has 0 aliphatic rings. The topological polar surface area (TPSA) is 46.5 Å². The van der Waals surface area contributed by atoms with Gasteiger partial charge in [0, 0.05) is 16.2 Å². The van der Waals surface area contributed by atoms with Crippen LogP contribution in [-0.2, 0) is 31.0 Å². The van der Waals surface area contributed by atoms with Gasteiger partial charge in [0.15, 0.2) is 0 Å². The van der Waals surface area contributed by atoms with Crippen LogP contribution in [0.2, 0.25) is 5.02 Å². The molecule has 0 fully saturated rings. The highest BCUT2D eigenvalue weighted by Gasteiger charge is 2.03. The Bertz CT molecular complexity index is 388. The summed E-state index contributed by atoms with van der Waals surface area (Å²) >= 11 is 9.91. The number of halogens is 1. The lowest BCUT2D eigenvalue weighted by Gasteiger charge is -2.03.